The fourth-order valence-corrected chi connectivity index (χ4v) is 12.6. The van der Waals surface area contributed by atoms with Gasteiger partial charge in [-0.1, -0.05) is 60.6 Å². The SMILES string of the molecule is CC(CN1CCCC1)N1c2ccccc2Sc2ccc(C(=O)NCC3CCC3)c(OC(=O)/C=C/C(=O)Oc3c(C(=O)NCC4CCC4)ccc4c3N(C(C)CN3CCCC3)c3ccccc3S4)c21. The predicted octanol–water partition coefficient (Wildman–Crippen LogP) is 9.99. The van der Waals surface area contributed by atoms with Crippen LogP contribution in [-0.2, 0) is 9.59 Å². The second-order valence-corrected chi connectivity index (χ2v) is 21.5. The van der Waals surface area contributed by atoms with Gasteiger partial charge in [0.25, 0.3) is 11.8 Å². The van der Waals surface area contributed by atoms with E-state index in [1.54, 1.807) is 35.7 Å². The molecule has 0 bridgehead atoms. The summed E-state index contributed by atoms with van der Waals surface area (Å²) in [6.45, 7) is 11.1. The smallest absolute Gasteiger partial charge is 0.336 e. The zero-order valence-electron chi connectivity index (χ0n) is 39.2. The Morgan fingerprint density at radius 3 is 1.34 bits per heavy atom. The lowest BCUT2D eigenvalue weighted by molar-refractivity contribution is -0.131. The predicted molar refractivity (Wildman–Crippen MR) is 268 cm³/mol. The lowest BCUT2D eigenvalue weighted by Crippen LogP contribution is -2.40. The third-order valence-corrected chi connectivity index (χ3v) is 16.7. The zero-order chi connectivity index (χ0) is 46.7. The molecule has 4 aromatic rings. The van der Waals surface area contributed by atoms with Gasteiger partial charge in [0, 0.05) is 70.0 Å². The number of nitrogens with zero attached hydrogens (tertiary/aromatic N) is 4. The van der Waals surface area contributed by atoms with Crippen molar-refractivity contribution >= 4 is 70.0 Å². The van der Waals surface area contributed by atoms with Crippen molar-refractivity contribution in [2.24, 2.45) is 11.8 Å². The van der Waals surface area contributed by atoms with Gasteiger partial charge in [-0.2, -0.15) is 0 Å². The minimum atomic E-state index is -0.835. The number of nitrogens with one attached hydrogen (secondary N) is 2. The number of rotatable bonds is 16. The molecule has 356 valence electrons. The van der Waals surface area contributed by atoms with Gasteiger partial charge >= 0.3 is 11.9 Å². The van der Waals surface area contributed by atoms with Gasteiger partial charge in [0.15, 0.2) is 11.5 Å². The first-order valence-corrected chi connectivity index (χ1v) is 26.4. The van der Waals surface area contributed by atoms with Gasteiger partial charge in [-0.25, -0.2) is 9.59 Å². The highest BCUT2D eigenvalue weighted by Gasteiger charge is 2.37. The second-order valence-electron chi connectivity index (χ2n) is 19.4. The largest absolute Gasteiger partial charge is 0.420 e. The number of benzene rings is 4. The van der Waals surface area contributed by atoms with Crippen LogP contribution in [0.25, 0.3) is 0 Å². The number of amides is 2. The number of para-hydroxylation sites is 2. The van der Waals surface area contributed by atoms with Crippen LogP contribution in [0.15, 0.2) is 105 Å². The van der Waals surface area contributed by atoms with Crippen molar-refractivity contribution in [1.82, 2.24) is 20.4 Å². The summed E-state index contributed by atoms with van der Waals surface area (Å²) in [5, 5.41) is 6.24. The molecule has 2 saturated carbocycles. The summed E-state index contributed by atoms with van der Waals surface area (Å²) >= 11 is 3.16. The number of hydrogen-bond acceptors (Lipinski definition) is 12. The maximum atomic E-state index is 14.2. The molecule has 2 saturated heterocycles. The first kappa shape index (κ1) is 46.4. The van der Waals surface area contributed by atoms with E-state index in [0.29, 0.717) is 36.3 Å². The molecule has 10 rings (SSSR count). The van der Waals surface area contributed by atoms with Gasteiger partial charge < -0.3 is 39.7 Å². The molecule has 2 aliphatic carbocycles. The van der Waals surface area contributed by atoms with E-state index in [0.717, 1.165) is 147 Å². The summed E-state index contributed by atoms with van der Waals surface area (Å²) in [5.74, 6) is -1.16. The lowest BCUT2D eigenvalue weighted by atomic mass is 9.85. The molecule has 0 radical (unpaired) electrons. The molecule has 4 aromatic carbocycles. The summed E-state index contributed by atoms with van der Waals surface area (Å²) in [6.07, 6.45) is 13.3. The molecular weight excluding hydrogens is 893 g/mol. The third-order valence-electron chi connectivity index (χ3n) is 14.5. The van der Waals surface area contributed by atoms with Crippen LogP contribution in [0.5, 0.6) is 11.5 Å². The van der Waals surface area contributed by atoms with Crippen LogP contribution in [0.2, 0.25) is 0 Å². The van der Waals surface area contributed by atoms with E-state index in [1.807, 2.05) is 36.4 Å². The molecule has 2 N–H and O–H groups in total. The highest BCUT2D eigenvalue weighted by molar-refractivity contribution is 8.00. The Hall–Kier alpha value is -5.28. The fourth-order valence-electron chi connectivity index (χ4n) is 10.5. The Bertz CT molecular complexity index is 2410. The van der Waals surface area contributed by atoms with E-state index in [1.165, 1.54) is 0 Å². The number of anilines is 4. The number of likely N-dealkylation sites (tertiary alicyclic amines) is 2. The summed E-state index contributed by atoms with van der Waals surface area (Å²) in [6, 6.07) is 23.7. The van der Waals surface area contributed by atoms with E-state index in [9.17, 15) is 19.2 Å². The van der Waals surface area contributed by atoms with E-state index in [-0.39, 0.29) is 46.5 Å². The lowest BCUT2D eigenvalue weighted by Gasteiger charge is -2.39. The molecule has 2 atom stereocenters. The molecule has 12 nitrogen and oxygen atoms in total. The Balaban J connectivity index is 0.972. The Kier molecular flexibility index (Phi) is 14.2. The number of carbonyl (C=O) groups is 4. The number of esters is 2. The average Bonchev–Trinajstić information content (AvgIpc) is 4.03. The van der Waals surface area contributed by atoms with Crippen molar-refractivity contribution in [2.75, 3.05) is 62.2 Å². The molecule has 4 fully saturated rings. The number of hydrogen-bond donors (Lipinski definition) is 2. The van der Waals surface area contributed by atoms with Crippen LogP contribution in [-0.4, -0.2) is 98.0 Å². The Labute approximate surface area is 408 Å². The summed E-state index contributed by atoms with van der Waals surface area (Å²) < 4.78 is 12.6. The minimum absolute atomic E-state index is 0.0372. The monoisotopic (exact) mass is 954 g/mol. The van der Waals surface area contributed by atoms with Crippen molar-refractivity contribution in [3.05, 3.63) is 96.1 Å². The van der Waals surface area contributed by atoms with Gasteiger partial charge in [-0.3, -0.25) is 9.59 Å². The van der Waals surface area contributed by atoms with Crippen LogP contribution >= 0.6 is 23.5 Å². The quantitative estimate of drug-likeness (QED) is 0.0632. The van der Waals surface area contributed by atoms with Crippen LogP contribution < -0.4 is 29.9 Å². The molecule has 2 unspecified atom stereocenters. The highest BCUT2D eigenvalue weighted by Crippen LogP contribution is 2.55. The van der Waals surface area contributed by atoms with Crippen LogP contribution in [0.1, 0.15) is 98.8 Å². The summed E-state index contributed by atoms with van der Waals surface area (Å²) in [5.41, 5.74) is 3.75. The first-order valence-electron chi connectivity index (χ1n) is 24.8. The maximum absolute atomic E-state index is 14.2. The number of fused-ring (bicyclic) bond motifs is 4. The van der Waals surface area contributed by atoms with Gasteiger partial charge in [0.05, 0.1) is 33.9 Å². The maximum Gasteiger partial charge on any atom is 0.336 e. The minimum Gasteiger partial charge on any atom is -0.420 e. The number of carbonyl (C=O) groups excluding carboxylic acids is 4. The molecule has 4 heterocycles. The number of ether oxygens (including phenoxy) is 2. The van der Waals surface area contributed by atoms with Gasteiger partial charge in [0.1, 0.15) is 0 Å². The van der Waals surface area contributed by atoms with Crippen molar-refractivity contribution in [3.63, 3.8) is 0 Å². The zero-order valence-corrected chi connectivity index (χ0v) is 40.8. The molecule has 68 heavy (non-hydrogen) atoms. The standard InChI is InChI=1S/C54H62N6O6S2/c1-35(33-57-27-7-8-28-57)59-41-17-3-5-19-43(41)67-45-23-21-39(53(63)55-31-37-13-11-14-37)51(49(45)59)65-47(61)25-26-48(62)66-52-40(54(64)56-32-38-15-12-16-38)22-24-46-50(52)60(36(2)34-58-29-9-10-30-58)42-18-4-6-20-44(42)68-46/h3-6,17-26,35-38H,7-16,27-34H2,1-2H3,(H,55,63)(H,56,64)/b26-25+. The molecular formula is C54H62N6O6S2. The van der Waals surface area contributed by atoms with Crippen LogP contribution in [0, 0.1) is 11.8 Å². The third kappa shape index (κ3) is 9.92. The topological polar surface area (TPSA) is 124 Å². The first-order chi connectivity index (χ1) is 33.2. The molecule has 0 aromatic heterocycles. The second kappa shape index (κ2) is 20.8. The molecule has 0 spiro atoms. The molecule has 2 amide bonds. The van der Waals surface area contributed by atoms with E-state index >= 15 is 0 Å². The fraction of sp³-hybridized carbons (Fsp3) is 0.444. The molecule has 14 heteroatoms. The van der Waals surface area contributed by atoms with Crippen molar-refractivity contribution < 1.29 is 28.7 Å². The normalized spacial score (nSPS) is 19.0. The van der Waals surface area contributed by atoms with Crippen molar-refractivity contribution in [1.29, 1.82) is 0 Å². The highest BCUT2D eigenvalue weighted by atomic mass is 32.2. The summed E-state index contributed by atoms with van der Waals surface area (Å²) in [7, 11) is 0. The van der Waals surface area contributed by atoms with Crippen LogP contribution in [0.3, 0.4) is 0 Å². The van der Waals surface area contributed by atoms with Gasteiger partial charge in [-0.05, 0) is 152 Å². The van der Waals surface area contributed by atoms with E-state index in [2.05, 4.69) is 68.3 Å². The Morgan fingerprint density at radius 2 is 0.956 bits per heavy atom. The van der Waals surface area contributed by atoms with E-state index in [4.69, 9.17) is 9.47 Å². The van der Waals surface area contributed by atoms with Gasteiger partial charge in [0.2, 0.25) is 0 Å². The molecule has 6 aliphatic rings. The van der Waals surface area contributed by atoms with E-state index < -0.39 is 11.9 Å². The average molecular weight is 955 g/mol. The summed E-state index contributed by atoms with van der Waals surface area (Å²) in [4.78, 5) is 69.9. The Morgan fingerprint density at radius 1 is 0.559 bits per heavy atom. The molecule has 4 aliphatic heterocycles. The van der Waals surface area contributed by atoms with Crippen LogP contribution in [0.4, 0.5) is 22.7 Å². The van der Waals surface area contributed by atoms with Crippen molar-refractivity contribution in [3.8, 4) is 11.5 Å². The van der Waals surface area contributed by atoms with Gasteiger partial charge in [-0.15, -0.1) is 0 Å². The van der Waals surface area contributed by atoms with Crippen molar-refractivity contribution in [2.45, 2.75) is 110 Å².